The summed E-state index contributed by atoms with van der Waals surface area (Å²) >= 11 is 9.99. The van der Waals surface area contributed by atoms with E-state index in [1.807, 2.05) is 36.4 Å². The summed E-state index contributed by atoms with van der Waals surface area (Å²) in [5.41, 5.74) is 1.50. The van der Waals surface area contributed by atoms with Gasteiger partial charge < -0.3 is 10.1 Å². The van der Waals surface area contributed by atoms with E-state index in [1.54, 1.807) is 25.3 Å². The Kier molecular flexibility index (Phi) is 6.88. The first-order valence-electron chi connectivity index (χ1n) is 8.42. The number of amides is 2. The van der Waals surface area contributed by atoms with Gasteiger partial charge >= 0.3 is 0 Å². The average molecular weight is 477 g/mol. The van der Waals surface area contributed by atoms with Crippen molar-refractivity contribution >= 4 is 67.8 Å². The Morgan fingerprint density at radius 2 is 2.07 bits per heavy atom. The Labute approximate surface area is 181 Å². The van der Waals surface area contributed by atoms with Gasteiger partial charge in [-0.3, -0.25) is 14.5 Å². The fourth-order valence-corrected chi connectivity index (χ4v) is 4.34. The second-order valence-corrected chi connectivity index (χ2v) is 8.48. The van der Waals surface area contributed by atoms with E-state index in [2.05, 4.69) is 21.2 Å². The van der Waals surface area contributed by atoms with Crippen LogP contribution in [-0.4, -0.2) is 34.7 Å². The Morgan fingerprint density at radius 1 is 1.29 bits per heavy atom. The molecule has 28 heavy (non-hydrogen) atoms. The molecule has 0 atom stereocenters. The van der Waals surface area contributed by atoms with Gasteiger partial charge in [-0.2, -0.15) is 0 Å². The molecule has 0 bridgehead atoms. The second-order valence-electron chi connectivity index (χ2n) is 5.89. The van der Waals surface area contributed by atoms with Crippen LogP contribution in [0, 0.1) is 0 Å². The van der Waals surface area contributed by atoms with Crippen molar-refractivity contribution < 1.29 is 14.3 Å². The molecule has 2 amide bonds. The number of benzene rings is 2. The highest BCUT2D eigenvalue weighted by molar-refractivity contribution is 9.10. The Balaban J connectivity index is 1.62. The van der Waals surface area contributed by atoms with E-state index in [-0.39, 0.29) is 24.8 Å². The monoisotopic (exact) mass is 476 g/mol. The number of carbonyl (C=O) groups is 2. The SMILES string of the molecule is COc1ccccc1NC(=O)CCN1C(=O)C(=Cc2cccc(Br)c2)SC1=S. The van der Waals surface area contributed by atoms with E-state index in [4.69, 9.17) is 17.0 Å². The van der Waals surface area contributed by atoms with Gasteiger partial charge in [-0.1, -0.05) is 64.2 Å². The molecule has 144 valence electrons. The largest absolute Gasteiger partial charge is 0.495 e. The standard InChI is InChI=1S/C20H17BrN2O3S2/c1-26-16-8-3-2-7-15(16)22-18(24)9-10-23-19(25)17(28-20(23)27)12-13-5-4-6-14(21)11-13/h2-8,11-12H,9-10H2,1H3,(H,22,24). The van der Waals surface area contributed by atoms with Crippen LogP contribution in [0.1, 0.15) is 12.0 Å². The first-order chi connectivity index (χ1) is 13.5. The molecule has 1 N–H and O–H groups in total. The number of thioether (sulfide) groups is 1. The minimum atomic E-state index is -0.213. The molecule has 5 nitrogen and oxygen atoms in total. The van der Waals surface area contributed by atoms with E-state index in [9.17, 15) is 9.59 Å². The zero-order valence-corrected chi connectivity index (χ0v) is 18.2. The van der Waals surface area contributed by atoms with Gasteiger partial charge in [-0.05, 0) is 35.9 Å². The van der Waals surface area contributed by atoms with Crippen LogP contribution >= 0.6 is 39.9 Å². The highest BCUT2D eigenvalue weighted by Gasteiger charge is 2.32. The molecular formula is C20H17BrN2O3S2. The molecule has 1 aliphatic rings. The third-order valence-electron chi connectivity index (χ3n) is 3.96. The Bertz CT molecular complexity index is 962. The summed E-state index contributed by atoms with van der Waals surface area (Å²) in [4.78, 5) is 27.0. The zero-order chi connectivity index (χ0) is 20.1. The molecule has 0 aromatic heterocycles. The van der Waals surface area contributed by atoms with Crippen molar-refractivity contribution in [1.29, 1.82) is 0 Å². The van der Waals surface area contributed by atoms with Gasteiger partial charge in [0.25, 0.3) is 5.91 Å². The van der Waals surface area contributed by atoms with Crippen molar-refractivity contribution in [3.05, 3.63) is 63.5 Å². The molecule has 2 aromatic carbocycles. The number of hydrogen-bond donors (Lipinski definition) is 1. The van der Waals surface area contributed by atoms with Crippen molar-refractivity contribution in [3.63, 3.8) is 0 Å². The molecular weight excluding hydrogens is 460 g/mol. The summed E-state index contributed by atoms with van der Waals surface area (Å²) < 4.78 is 6.61. The fourth-order valence-electron chi connectivity index (χ4n) is 2.61. The molecule has 0 spiro atoms. The number of halogens is 1. The lowest BCUT2D eigenvalue weighted by molar-refractivity contribution is -0.122. The van der Waals surface area contributed by atoms with Gasteiger partial charge in [0.2, 0.25) is 5.91 Å². The van der Waals surface area contributed by atoms with Gasteiger partial charge in [0.1, 0.15) is 10.1 Å². The maximum atomic E-state index is 12.7. The molecule has 8 heteroatoms. The average Bonchev–Trinajstić information content (AvgIpc) is 2.93. The summed E-state index contributed by atoms with van der Waals surface area (Å²) in [7, 11) is 1.54. The van der Waals surface area contributed by atoms with Crippen molar-refractivity contribution in [3.8, 4) is 5.75 Å². The predicted octanol–water partition coefficient (Wildman–Crippen LogP) is 4.69. The summed E-state index contributed by atoms with van der Waals surface area (Å²) in [5, 5.41) is 2.80. The molecule has 3 rings (SSSR count). The first-order valence-corrected chi connectivity index (χ1v) is 10.4. The third-order valence-corrected chi connectivity index (χ3v) is 5.83. The van der Waals surface area contributed by atoms with Crippen LogP contribution in [0.2, 0.25) is 0 Å². The van der Waals surface area contributed by atoms with Gasteiger partial charge in [-0.15, -0.1) is 0 Å². The van der Waals surface area contributed by atoms with Crippen LogP contribution in [0.15, 0.2) is 57.9 Å². The second kappa shape index (κ2) is 9.36. The fraction of sp³-hybridized carbons (Fsp3) is 0.150. The molecule has 2 aromatic rings. The van der Waals surface area contributed by atoms with Crippen LogP contribution in [0.25, 0.3) is 6.08 Å². The summed E-state index contributed by atoms with van der Waals surface area (Å²) in [6.45, 7) is 0.224. The topological polar surface area (TPSA) is 58.6 Å². The third kappa shape index (κ3) is 5.01. The Hall–Kier alpha value is -2.16. The highest BCUT2D eigenvalue weighted by atomic mass is 79.9. The molecule has 1 saturated heterocycles. The van der Waals surface area contributed by atoms with Crippen molar-refractivity contribution in [2.45, 2.75) is 6.42 Å². The number of para-hydroxylation sites is 2. The maximum Gasteiger partial charge on any atom is 0.266 e. The van der Waals surface area contributed by atoms with Crippen LogP contribution in [0.5, 0.6) is 5.75 Å². The van der Waals surface area contributed by atoms with Crippen LogP contribution in [0.3, 0.4) is 0 Å². The zero-order valence-electron chi connectivity index (χ0n) is 15.0. The maximum absolute atomic E-state index is 12.7. The molecule has 1 heterocycles. The minimum Gasteiger partial charge on any atom is -0.495 e. The van der Waals surface area contributed by atoms with Crippen LogP contribution < -0.4 is 10.1 Å². The number of nitrogens with one attached hydrogen (secondary N) is 1. The lowest BCUT2D eigenvalue weighted by Gasteiger charge is -2.15. The van der Waals surface area contributed by atoms with E-state index < -0.39 is 0 Å². The summed E-state index contributed by atoms with van der Waals surface area (Å²) in [6.07, 6.45) is 1.94. The highest BCUT2D eigenvalue weighted by Crippen LogP contribution is 2.33. The van der Waals surface area contributed by atoms with E-state index >= 15 is 0 Å². The molecule has 0 unspecified atom stereocenters. The minimum absolute atomic E-state index is 0.134. The van der Waals surface area contributed by atoms with Crippen molar-refractivity contribution in [1.82, 2.24) is 4.90 Å². The number of hydrogen-bond acceptors (Lipinski definition) is 5. The lowest BCUT2D eigenvalue weighted by Crippen LogP contribution is -2.31. The first kappa shape index (κ1) is 20.6. The van der Waals surface area contributed by atoms with Gasteiger partial charge in [0, 0.05) is 17.4 Å². The number of carbonyl (C=O) groups excluding carboxylic acids is 2. The lowest BCUT2D eigenvalue weighted by atomic mass is 10.2. The molecule has 0 radical (unpaired) electrons. The van der Waals surface area contributed by atoms with Gasteiger partial charge in [-0.25, -0.2) is 0 Å². The number of nitrogens with zero attached hydrogens (tertiary/aromatic N) is 1. The predicted molar refractivity (Wildman–Crippen MR) is 120 cm³/mol. The number of rotatable bonds is 6. The number of ether oxygens (including phenoxy) is 1. The summed E-state index contributed by atoms with van der Waals surface area (Å²) in [5.74, 6) is 0.188. The van der Waals surface area contributed by atoms with Gasteiger partial charge in [0.15, 0.2) is 0 Å². The number of anilines is 1. The van der Waals surface area contributed by atoms with Crippen molar-refractivity contribution in [2.75, 3.05) is 19.0 Å². The van der Waals surface area contributed by atoms with Crippen molar-refractivity contribution in [2.24, 2.45) is 0 Å². The normalized spacial score (nSPS) is 15.2. The number of thiocarbonyl (C=S) groups is 1. The van der Waals surface area contributed by atoms with E-state index in [0.29, 0.717) is 20.7 Å². The molecule has 1 aliphatic heterocycles. The van der Waals surface area contributed by atoms with E-state index in [1.165, 1.54) is 16.7 Å². The number of methoxy groups -OCH3 is 1. The molecule has 1 fully saturated rings. The smallest absolute Gasteiger partial charge is 0.266 e. The summed E-state index contributed by atoms with van der Waals surface area (Å²) in [6, 6.07) is 14.8. The van der Waals surface area contributed by atoms with Gasteiger partial charge in [0.05, 0.1) is 17.7 Å². The molecule has 0 aliphatic carbocycles. The van der Waals surface area contributed by atoms with Crippen LogP contribution in [-0.2, 0) is 9.59 Å². The molecule has 0 saturated carbocycles. The quantitative estimate of drug-likeness (QED) is 0.484. The van der Waals surface area contributed by atoms with Crippen LogP contribution in [0.4, 0.5) is 5.69 Å². The Morgan fingerprint density at radius 3 is 2.82 bits per heavy atom. The van der Waals surface area contributed by atoms with E-state index in [0.717, 1.165) is 10.0 Å².